The average molecular weight is 466 g/mol. The van der Waals surface area contributed by atoms with Gasteiger partial charge in [0, 0.05) is 0 Å². The number of nitrogens with one attached hydrogen (secondary N) is 1. The number of fused-ring (bicyclic) bond motifs is 2. The Morgan fingerprint density at radius 1 is 1.19 bits per heavy atom. The van der Waals surface area contributed by atoms with E-state index in [1.165, 1.54) is 46.4 Å². The van der Waals surface area contributed by atoms with Crippen LogP contribution in [0.25, 0.3) is 10.2 Å². The summed E-state index contributed by atoms with van der Waals surface area (Å²) in [5.74, 6) is -0.262. The van der Waals surface area contributed by atoms with E-state index in [1.807, 2.05) is 23.6 Å². The van der Waals surface area contributed by atoms with Gasteiger partial charge in [-0.1, -0.05) is 48.2 Å². The number of carbonyl (C=O) groups is 1. The number of hydrogen-bond acceptors (Lipinski definition) is 5. The number of carbonyl (C=O) groups excluding carboxylic acids is 1. The van der Waals surface area contributed by atoms with E-state index in [2.05, 4.69) is 22.4 Å². The van der Waals surface area contributed by atoms with E-state index in [0.717, 1.165) is 18.4 Å². The van der Waals surface area contributed by atoms with Crippen molar-refractivity contribution in [2.24, 2.45) is 0 Å². The Hall–Kier alpha value is -2.97. The number of aromatic nitrogens is 2. The van der Waals surface area contributed by atoms with Crippen LogP contribution in [0.3, 0.4) is 0 Å². The summed E-state index contributed by atoms with van der Waals surface area (Å²) in [4.78, 5) is 30.4. The summed E-state index contributed by atoms with van der Waals surface area (Å²) in [6.45, 7) is 0.264. The molecule has 0 saturated carbocycles. The SMILES string of the molecule is O=C(CSc1nc2ccsc2c(=O)n1Cc1ccc(F)cc1)NC1CCc2ccccc21. The molecule has 32 heavy (non-hydrogen) atoms. The fraction of sp³-hybridized carbons (Fsp3) is 0.208. The molecular formula is C24H20FN3O2S2. The quantitative estimate of drug-likeness (QED) is 0.335. The first-order valence-corrected chi connectivity index (χ1v) is 12.2. The van der Waals surface area contributed by atoms with Gasteiger partial charge in [0.2, 0.25) is 5.91 Å². The van der Waals surface area contributed by atoms with Crippen molar-refractivity contribution in [1.82, 2.24) is 14.9 Å². The number of aryl methyl sites for hydroxylation is 1. The molecule has 2 aromatic carbocycles. The van der Waals surface area contributed by atoms with Gasteiger partial charge in [0.05, 0.1) is 23.9 Å². The van der Waals surface area contributed by atoms with Gasteiger partial charge >= 0.3 is 0 Å². The summed E-state index contributed by atoms with van der Waals surface area (Å²) in [5.41, 5.74) is 3.73. The number of hydrogen-bond donors (Lipinski definition) is 1. The summed E-state index contributed by atoms with van der Waals surface area (Å²) >= 11 is 2.59. The highest BCUT2D eigenvalue weighted by atomic mass is 32.2. The van der Waals surface area contributed by atoms with Crippen molar-refractivity contribution in [2.75, 3.05) is 5.75 Å². The fourth-order valence-corrected chi connectivity index (χ4v) is 5.61. The van der Waals surface area contributed by atoms with Crippen molar-refractivity contribution in [3.63, 3.8) is 0 Å². The average Bonchev–Trinajstić information content (AvgIpc) is 3.43. The number of amides is 1. The highest BCUT2D eigenvalue weighted by Crippen LogP contribution is 2.31. The second kappa shape index (κ2) is 8.88. The number of nitrogens with zero attached hydrogens (tertiary/aromatic N) is 2. The minimum absolute atomic E-state index is 0.0213. The normalized spacial score (nSPS) is 15.1. The highest BCUT2D eigenvalue weighted by Gasteiger charge is 2.23. The second-order valence-electron chi connectivity index (χ2n) is 7.69. The van der Waals surface area contributed by atoms with Crippen molar-refractivity contribution in [3.8, 4) is 0 Å². The Morgan fingerprint density at radius 3 is 2.84 bits per heavy atom. The topological polar surface area (TPSA) is 64.0 Å². The molecule has 0 saturated heterocycles. The molecule has 0 bridgehead atoms. The first-order chi connectivity index (χ1) is 15.6. The van der Waals surface area contributed by atoms with Gasteiger partial charge in [-0.05, 0) is 53.1 Å². The lowest BCUT2D eigenvalue weighted by molar-refractivity contribution is -0.119. The van der Waals surface area contributed by atoms with E-state index in [0.29, 0.717) is 15.4 Å². The molecule has 0 spiro atoms. The molecule has 4 aromatic rings. The van der Waals surface area contributed by atoms with Crippen LogP contribution in [0.2, 0.25) is 0 Å². The Balaban J connectivity index is 1.35. The zero-order valence-corrected chi connectivity index (χ0v) is 18.7. The van der Waals surface area contributed by atoms with Crippen LogP contribution in [0.15, 0.2) is 69.9 Å². The number of thioether (sulfide) groups is 1. The Morgan fingerprint density at radius 2 is 2.00 bits per heavy atom. The number of rotatable bonds is 6. The van der Waals surface area contributed by atoms with Crippen LogP contribution in [0, 0.1) is 5.82 Å². The van der Waals surface area contributed by atoms with Crippen molar-refractivity contribution < 1.29 is 9.18 Å². The predicted octanol–water partition coefficient (Wildman–Crippen LogP) is 4.54. The van der Waals surface area contributed by atoms with Gasteiger partial charge in [-0.2, -0.15) is 0 Å². The van der Waals surface area contributed by atoms with Gasteiger partial charge in [0.15, 0.2) is 5.16 Å². The molecule has 162 valence electrons. The maximum atomic E-state index is 13.3. The van der Waals surface area contributed by atoms with Crippen molar-refractivity contribution >= 4 is 39.2 Å². The minimum Gasteiger partial charge on any atom is -0.349 e. The molecule has 0 radical (unpaired) electrons. The lowest BCUT2D eigenvalue weighted by Gasteiger charge is -2.15. The van der Waals surface area contributed by atoms with Gasteiger partial charge in [0.25, 0.3) is 5.56 Å². The molecule has 2 aromatic heterocycles. The van der Waals surface area contributed by atoms with E-state index in [9.17, 15) is 14.0 Å². The van der Waals surface area contributed by atoms with Crippen LogP contribution in [0.5, 0.6) is 0 Å². The Kier molecular flexibility index (Phi) is 5.80. The summed E-state index contributed by atoms with van der Waals surface area (Å²) in [6, 6.07) is 16.1. The van der Waals surface area contributed by atoms with E-state index < -0.39 is 0 Å². The van der Waals surface area contributed by atoms with Gasteiger partial charge in [0.1, 0.15) is 10.5 Å². The molecule has 1 aliphatic carbocycles. The Bertz CT molecular complexity index is 1350. The molecule has 5 nitrogen and oxygen atoms in total. The summed E-state index contributed by atoms with van der Waals surface area (Å²) in [7, 11) is 0. The molecule has 2 heterocycles. The first kappa shape index (κ1) is 20.9. The summed E-state index contributed by atoms with van der Waals surface area (Å²) in [6.07, 6.45) is 1.85. The maximum absolute atomic E-state index is 13.3. The second-order valence-corrected chi connectivity index (χ2v) is 9.55. The standard InChI is InChI=1S/C24H20FN3O2S2/c25-17-8-5-15(6-9-17)13-28-23(30)22-20(11-12-31-22)27-24(28)32-14-21(29)26-19-10-7-16-3-1-2-4-18(16)19/h1-6,8-9,11-12,19H,7,10,13-14H2,(H,26,29). The van der Waals surface area contributed by atoms with Crippen LogP contribution in [-0.2, 0) is 17.8 Å². The molecule has 5 rings (SSSR count). The van der Waals surface area contributed by atoms with Gasteiger partial charge in [-0.25, -0.2) is 9.37 Å². The predicted molar refractivity (Wildman–Crippen MR) is 126 cm³/mol. The third-order valence-corrected chi connectivity index (χ3v) is 7.45. The Labute approximate surface area is 192 Å². The van der Waals surface area contributed by atoms with Crippen LogP contribution in [0.4, 0.5) is 4.39 Å². The highest BCUT2D eigenvalue weighted by molar-refractivity contribution is 7.99. The monoisotopic (exact) mass is 465 g/mol. The van der Waals surface area contributed by atoms with E-state index in [4.69, 9.17) is 0 Å². The number of halogens is 1. The smallest absolute Gasteiger partial charge is 0.272 e. The van der Waals surface area contributed by atoms with Crippen LogP contribution in [0.1, 0.15) is 29.2 Å². The lowest BCUT2D eigenvalue weighted by Crippen LogP contribution is -2.29. The zero-order chi connectivity index (χ0) is 22.1. The molecule has 0 fully saturated rings. The van der Waals surface area contributed by atoms with Crippen LogP contribution < -0.4 is 10.9 Å². The molecular weight excluding hydrogens is 445 g/mol. The fourth-order valence-electron chi connectivity index (χ4n) is 4.02. The van der Waals surface area contributed by atoms with Crippen molar-refractivity contribution in [3.05, 3.63) is 92.8 Å². The largest absolute Gasteiger partial charge is 0.349 e. The third-order valence-electron chi connectivity index (χ3n) is 5.59. The van der Waals surface area contributed by atoms with Gasteiger partial charge in [-0.3, -0.25) is 14.2 Å². The van der Waals surface area contributed by atoms with E-state index >= 15 is 0 Å². The molecule has 1 atom stereocenters. The van der Waals surface area contributed by atoms with E-state index in [-0.39, 0.29) is 35.6 Å². The molecule has 0 aliphatic heterocycles. The molecule has 1 aliphatic rings. The molecule has 8 heteroatoms. The zero-order valence-electron chi connectivity index (χ0n) is 17.1. The van der Waals surface area contributed by atoms with Gasteiger partial charge in [-0.15, -0.1) is 11.3 Å². The molecule has 1 unspecified atom stereocenters. The van der Waals surface area contributed by atoms with Gasteiger partial charge < -0.3 is 5.32 Å². The van der Waals surface area contributed by atoms with E-state index in [1.54, 1.807) is 16.7 Å². The molecule has 1 amide bonds. The van der Waals surface area contributed by atoms with Crippen LogP contribution >= 0.6 is 23.1 Å². The molecule has 1 N–H and O–H groups in total. The lowest BCUT2D eigenvalue weighted by atomic mass is 10.1. The number of thiophene rings is 1. The first-order valence-electron chi connectivity index (χ1n) is 10.3. The number of benzene rings is 2. The van der Waals surface area contributed by atoms with Crippen molar-refractivity contribution in [1.29, 1.82) is 0 Å². The maximum Gasteiger partial charge on any atom is 0.272 e. The third kappa shape index (κ3) is 4.20. The summed E-state index contributed by atoms with van der Waals surface area (Å²) < 4.78 is 15.4. The van der Waals surface area contributed by atoms with Crippen LogP contribution in [-0.4, -0.2) is 21.2 Å². The minimum atomic E-state index is -0.326. The summed E-state index contributed by atoms with van der Waals surface area (Å²) in [5, 5.41) is 5.43. The van der Waals surface area contributed by atoms with Crippen molar-refractivity contribution in [2.45, 2.75) is 30.6 Å².